The molecule has 0 fully saturated rings. The van der Waals surface area contributed by atoms with E-state index in [0.717, 1.165) is 30.9 Å². The Hall–Kier alpha value is -1.62. The second-order valence-electron chi connectivity index (χ2n) is 4.54. The Morgan fingerprint density at radius 2 is 2.10 bits per heavy atom. The van der Waals surface area contributed by atoms with E-state index in [1.54, 1.807) is 12.1 Å². The minimum Gasteiger partial charge on any atom is -0.478 e. The Morgan fingerprint density at radius 1 is 1.35 bits per heavy atom. The third kappa shape index (κ3) is 4.81. The standard InChI is InChI=1S/C15H24N2O3/c1-4-7-13-10-12(15(18)19)11-14(16-13)17(5-2)8-9-20-6-3/h10-11H,4-9H2,1-3H3,(H,18,19). The van der Waals surface area contributed by atoms with E-state index in [1.165, 1.54) is 0 Å². The molecule has 112 valence electrons. The molecule has 1 aromatic rings. The van der Waals surface area contributed by atoms with E-state index >= 15 is 0 Å². The SMILES string of the molecule is CCCc1cc(C(=O)O)cc(N(CC)CCOCC)n1. The third-order valence-electron chi connectivity index (χ3n) is 3.03. The van der Waals surface area contributed by atoms with Crippen LogP contribution in [0.1, 0.15) is 43.2 Å². The minimum absolute atomic E-state index is 0.299. The summed E-state index contributed by atoms with van der Waals surface area (Å²) in [5.41, 5.74) is 1.13. The van der Waals surface area contributed by atoms with E-state index in [-0.39, 0.29) is 0 Å². The zero-order valence-corrected chi connectivity index (χ0v) is 12.6. The molecule has 0 amide bonds. The number of rotatable bonds is 9. The van der Waals surface area contributed by atoms with Gasteiger partial charge in [-0.15, -0.1) is 0 Å². The Labute approximate surface area is 120 Å². The average Bonchev–Trinajstić information content (AvgIpc) is 2.43. The molecule has 1 aromatic heterocycles. The van der Waals surface area contributed by atoms with Crippen molar-refractivity contribution in [3.8, 4) is 0 Å². The molecule has 20 heavy (non-hydrogen) atoms. The van der Waals surface area contributed by atoms with Gasteiger partial charge in [0.25, 0.3) is 0 Å². The molecule has 0 radical (unpaired) electrons. The van der Waals surface area contributed by atoms with E-state index < -0.39 is 5.97 Å². The van der Waals surface area contributed by atoms with E-state index in [0.29, 0.717) is 25.3 Å². The highest BCUT2D eigenvalue weighted by Gasteiger charge is 2.12. The van der Waals surface area contributed by atoms with E-state index in [1.807, 2.05) is 18.7 Å². The number of carboxylic acid groups (broad SMARTS) is 1. The summed E-state index contributed by atoms with van der Waals surface area (Å²) in [6, 6.07) is 3.29. The molecule has 1 rings (SSSR count). The van der Waals surface area contributed by atoms with Crippen LogP contribution in [0.2, 0.25) is 0 Å². The molecule has 0 aromatic carbocycles. The van der Waals surface area contributed by atoms with Gasteiger partial charge in [-0.3, -0.25) is 0 Å². The molecule has 0 aliphatic heterocycles. The van der Waals surface area contributed by atoms with Crippen LogP contribution in [0.25, 0.3) is 0 Å². The first-order chi connectivity index (χ1) is 9.62. The maximum Gasteiger partial charge on any atom is 0.335 e. The monoisotopic (exact) mass is 280 g/mol. The summed E-state index contributed by atoms with van der Waals surface area (Å²) >= 11 is 0. The number of anilines is 1. The number of hydrogen-bond donors (Lipinski definition) is 1. The largest absolute Gasteiger partial charge is 0.478 e. The van der Waals surface area contributed by atoms with E-state index in [4.69, 9.17) is 4.74 Å². The van der Waals surface area contributed by atoms with Crippen LogP contribution >= 0.6 is 0 Å². The number of aromatic nitrogens is 1. The highest BCUT2D eigenvalue weighted by Crippen LogP contribution is 2.16. The number of hydrogen-bond acceptors (Lipinski definition) is 4. The normalized spacial score (nSPS) is 10.6. The van der Waals surface area contributed by atoms with Crippen molar-refractivity contribution < 1.29 is 14.6 Å². The molecule has 0 bridgehead atoms. The smallest absolute Gasteiger partial charge is 0.335 e. The summed E-state index contributed by atoms with van der Waals surface area (Å²) in [5.74, 6) is -0.192. The average molecular weight is 280 g/mol. The Morgan fingerprint density at radius 3 is 2.65 bits per heavy atom. The van der Waals surface area contributed by atoms with Crippen molar-refractivity contribution in [2.45, 2.75) is 33.6 Å². The number of aromatic carboxylic acids is 1. The molecule has 0 unspecified atom stereocenters. The van der Waals surface area contributed by atoms with Gasteiger partial charge in [0.15, 0.2) is 0 Å². The summed E-state index contributed by atoms with van der Waals surface area (Å²) in [4.78, 5) is 17.8. The fourth-order valence-electron chi connectivity index (χ4n) is 2.00. The molecular weight excluding hydrogens is 256 g/mol. The minimum atomic E-state index is -0.910. The van der Waals surface area contributed by atoms with E-state index in [2.05, 4.69) is 11.9 Å². The number of likely N-dealkylation sites (N-methyl/N-ethyl adjacent to an activating group) is 1. The number of carboxylic acids is 1. The van der Waals surface area contributed by atoms with Gasteiger partial charge in [0.1, 0.15) is 5.82 Å². The molecule has 0 spiro atoms. The highest BCUT2D eigenvalue weighted by molar-refractivity contribution is 5.88. The predicted octanol–water partition coefficient (Wildman–Crippen LogP) is 2.60. The van der Waals surface area contributed by atoms with Gasteiger partial charge in [0.2, 0.25) is 0 Å². The Balaban J connectivity index is 2.97. The van der Waals surface area contributed by atoms with Crippen LogP contribution in [0.4, 0.5) is 5.82 Å². The van der Waals surface area contributed by atoms with Gasteiger partial charge in [-0.2, -0.15) is 0 Å². The summed E-state index contributed by atoms with van der Waals surface area (Å²) in [6.07, 6.45) is 1.73. The lowest BCUT2D eigenvalue weighted by atomic mass is 10.1. The van der Waals surface area contributed by atoms with Crippen LogP contribution in [0.15, 0.2) is 12.1 Å². The fourth-order valence-corrected chi connectivity index (χ4v) is 2.00. The summed E-state index contributed by atoms with van der Waals surface area (Å²) in [6.45, 7) is 8.83. The van der Waals surface area contributed by atoms with E-state index in [9.17, 15) is 9.90 Å². The van der Waals surface area contributed by atoms with Gasteiger partial charge in [0.05, 0.1) is 12.2 Å². The van der Waals surface area contributed by atoms with Gasteiger partial charge in [-0.25, -0.2) is 9.78 Å². The number of ether oxygens (including phenoxy) is 1. The second-order valence-corrected chi connectivity index (χ2v) is 4.54. The number of pyridine rings is 1. The zero-order chi connectivity index (χ0) is 15.0. The molecule has 0 atom stereocenters. The molecule has 0 aliphatic rings. The van der Waals surface area contributed by atoms with Crippen molar-refractivity contribution in [1.29, 1.82) is 0 Å². The molecule has 5 nitrogen and oxygen atoms in total. The lowest BCUT2D eigenvalue weighted by Crippen LogP contribution is -2.28. The number of carbonyl (C=O) groups is 1. The quantitative estimate of drug-likeness (QED) is 0.704. The van der Waals surface area contributed by atoms with Crippen molar-refractivity contribution in [3.05, 3.63) is 23.4 Å². The first-order valence-electron chi connectivity index (χ1n) is 7.19. The number of nitrogens with zero attached hydrogens (tertiary/aromatic N) is 2. The van der Waals surface area contributed by atoms with Crippen molar-refractivity contribution in [3.63, 3.8) is 0 Å². The van der Waals surface area contributed by atoms with Crippen LogP contribution in [0, 0.1) is 0 Å². The van der Waals surface area contributed by atoms with Gasteiger partial charge < -0.3 is 14.7 Å². The van der Waals surface area contributed by atoms with Crippen LogP contribution in [-0.2, 0) is 11.2 Å². The van der Waals surface area contributed by atoms with Crippen LogP contribution in [0.3, 0.4) is 0 Å². The predicted molar refractivity (Wildman–Crippen MR) is 79.6 cm³/mol. The van der Waals surface area contributed by atoms with Gasteiger partial charge in [0, 0.05) is 25.4 Å². The lowest BCUT2D eigenvalue weighted by Gasteiger charge is -2.22. The third-order valence-corrected chi connectivity index (χ3v) is 3.03. The van der Waals surface area contributed by atoms with Crippen molar-refractivity contribution in [2.24, 2.45) is 0 Å². The zero-order valence-electron chi connectivity index (χ0n) is 12.6. The van der Waals surface area contributed by atoms with Gasteiger partial charge in [-0.1, -0.05) is 13.3 Å². The first kappa shape index (κ1) is 16.4. The van der Waals surface area contributed by atoms with Crippen LogP contribution in [0.5, 0.6) is 0 Å². The maximum absolute atomic E-state index is 11.2. The molecule has 0 saturated heterocycles. The lowest BCUT2D eigenvalue weighted by molar-refractivity contribution is 0.0696. The van der Waals surface area contributed by atoms with Gasteiger partial charge >= 0.3 is 5.97 Å². The Kier molecular flexibility index (Phi) is 7.01. The van der Waals surface area contributed by atoms with Gasteiger partial charge in [-0.05, 0) is 32.4 Å². The topological polar surface area (TPSA) is 62.7 Å². The van der Waals surface area contributed by atoms with Crippen molar-refractivity contribution in [1.82, 2.24) is 4.98 Å². The first-order valence-corrected chi connectivity index (χ1v) is 7.19. The molecule has 1 N–H and O–H groups in total. The highest BCUT2D eigenvalue weighted by atomic mass is 16.5. The van der Waals surface area contributed by atoms with Crippen molar-refractivity contribution >= 4 is 11.8 Å². The van der Waals surface area contributed by atoms with Crippen LogP contribution < -0.4 is 4.90 Å². The summed E-state index contributed by atoms with van der Waals surface area (Å²) in [5, 5.41) is 9.20. The molecule has 1 heterocycles. The fraction of sp³-hybridized carbons (Fsp3) is 0.600. The summed E-state index contributed by atoms with van der Waals surface area (Å²) in [7, 11) is 0. The second kappa shape index (κ2) is 8.53. The molecule has 5 heteroatoms. The molecular formula is C15H24N2O3. The van der Waals surface area contributed by atoms with Crippen LogP contribution in [-0.4, -0.2) is 42.4 Å². The van der Waals surface area contributed by atoms with Crippen molar-refractivity contribution in [2.75, 3.05) is 31.2 Å². The molecule has 0 saturated carbocycles. The Bertz CT molecular complexity index is 435. The summed E-state index contributed by atoms with van der Waals surface area (Å²) < 4.78 is 5.36. The number of aryl methyl sites for hydroxylation is 1. The molecule has 0 aliphatic carbocycles. The maximum atomic E-state index is 11.2.